The number of para-hydroxylation sites is 1. The largest absolute Gasteiger partial charge is 0.380 e. The first-order valence-electron chi connectivity index (χ1n) is 6.75. The predicted octanol–water partition coefficient (Wildman–Crippen LogP) is 2.90. The van der Waals surface area contributed by atoms with E-state index < -0.39 is 0 Å². The number of rotatable bonds is 2. The van der Waals surface area contributed by atoms with Gasteiger partial charge < -0.3 is 5.32 Å². The van der Waals surface area contributed by atoms with E-state index in [2.05, 4.69) is 48.3 Å². The zero-order valence-corrected chi connectivity index (χ0v) is 10.9. The number of hydrogen-bond donors (Lipinski definition) is 1. The predicted molar refractivity (Wildman–Crippen MR) is 72.4 cm³/mol. The van der Waals surface area contributed by atoms with Gasteiger partial charge in [0.2, 0.25) is 0 Å². The summed E-state index contributed by atoms with van der Waals surface area (Å²) < 4.78 is 0. The molecule has 0 aliphatic carbocycles. The van der Waals surface area contributed by atoms with Crippen LogP contribution in [-0.4, -0.2) is 29.6 Å². The molecule has 1 fully saturated rings. The molecule has 2 aliphatic rings. The number of fused-ring (bicyclic) bond motifs is 1. The molecule has 0 radical (unpaired) electrons. The lowest BCUT2D eigenvalue weighted by Crippen LogP contribution is -2.44. The minimum absolute atomic E-state index is 0.399. The average molecular weight is 230 g/mol. The van der Waals surface area contributed by atoms with Crippen molar-refractivity contribution in [3.8, 4) is 0 Å². The first kappa shape index (κ1) is 11.1. The Morgan fingerprint density at radius 3 is 2.88 bits per heavy atom. The van der Waals surface area contributed by atoms with Gasteiger partial charge in [-0.1, -0.05) is 18.2 Å². The molecule has 1 atom stereocenters. The Labute approximate surface area is 104 Å². The van der Waals surface area contributed by atoms with Crippen LogP contribution in [0.2, 0.25) is 0 Å². The average Bonchev–Trinajstić information content (AvgIpc) is 2.82. The molecule has 2 aliphatic heterocycles. The Kier molecular flexibility index (Phi) is 2.62. The molecule has 0 spiro atoms. The zero-order valence-electron chi connectivity index (χ0n) is 10.9. The summed E-state index contributed by atoms with van der Waals surface area (Å²) in [6.07, 6.45) is 3.88. The van der Waals surface area contributed by atoms with Gasteiger partial charge in [-0.25, -0.2) is 0 Å². The smallest absolute Gasteiger partial charge is 0.0429 e. The third-order valence-corrected chi connectivity index (χ3v) is 4.36. The molecule has 3 rings (SSSR count). The van der Waals surface area contributed by atoms with Gasteiger partial charge in [-0.05, 0) is 51.3 Å². The maximum atomic E-state index is 3.66. The molecule has 1 aromatic rings. The van der Waals surface area contributed by atoms with E-state index in [0.717, 1.165) is 0 Å². The van der Waals surface area contributed by atoms with Gasteiger partial charge in [-0.15, -0.1) is 0 Å². The monoisotopic (exact) mass is 230 g/mol. The summed E-state index contributed by atoms with van der Waals surface area (Å²) in [6.45, 7) is 7.20. The van der Waals surface area contributed by atoms with Gasteiger partial charge in [0, 0.05) is 23.8 Å². The molecular weight excluding hydrogens is 208 g/mol. The number of hydrogen-bond acceptors (Lipinski definition) is 2. The highest BCUT2D eigenvalue weighted by Gasteiger charge is 2.34. The second kappa shape index (κ2) is 4.02. The molecule has 1 saturated heterocycles. The van der Waals surface area contributed by atoms with Crippen molar-refractivity contribution in [2.75, 3.05) is 18.4 Å². The summed E-state index contributed by atoms with van der Waals surface area (Å²) in [5, 5.41) is 3.66. The van der Waals surface area contributed by atoms with Crippen LogP contribution in [0.5, 0.6) is 0 Å². The lowest BCUT2D eigenvalue weighted by atomic mass is 10.0. The molecule has 92 valence electrons. The van der Waals surface area contributed by atoms with Gasteiger partial charge in [-0.2, -0.15) is 0 Å². The number of benzene rings is 1. The third kappa shape index (κ3) is 2.06. The van der Waals surface area contributed by atoms with Crippen molar-refractivity contribution in [1.29, 1.82) is 0 Å². The van der Waals surface area contributed by atoms with Crippen molar-refractivity contribution in [1.82, 2.24) is 4.90 Å². The number of likely N-dealkylation sites (tertiary alicyclic amines) is 1. The summed E-state index contributed by atoms with van der Waals surface area (Å²) in [5.74, 6) is 0. The molecule has 0 aromatic heterocycles. The Balaban J connectivity index is 1.66. The standard InChI is InChI=1S/C15H22N2/c1-15(2)8-5-9-17(15)11-13-10-12-6-3-4-7-14(12)16-13/h3-4,6-7,13,16H,5,8-11H2,1-2H3. The van der Waals surface area contributed by atoms with E-state index in [-0.39, 0.29) is 0 Å². The van der Waals surface area contributed by atoms with Crippen molar-refractivity contribution in [2.45, 2.75) is 44.7 Å². The molecule has 0 bridgehead atoms. The van der Waals surface area contributed by atoms with E-state index in [1.165, 1.54) is 43.6 Å². The maximum absolute atomic E-state index is 3.66. The molecule has 1 unspecified atom stereocenters. The minimum atomic E-state index is 0.399. The molecule has 1 aromatic carbocycles. The van der Waals surface area contributed by atoms with E-state index in [1.807, 2.05) is 0 Å². The van der Waals surface area contributed by atoms with Crippen LogP contribution in [0.4, 0.5) is 5.69 Å². The normalized spacial score (nSPS) is 26.8. The first-order valence-corrected chi connectivity index (χ1v) is 6.75. The maximum Gasteiger partial charge on any atom is 0.0429 e. The number of nitrogens with one attached hydrogen (secondary N) is 1. The van der Waals surface area contributed by atoms with Crippen molar-refractivity contribution < 1.29 is 0 Å². The van der Waals surface area contributed by atoms with E-state index in [9.17, 15) is 0 Å². The molecule has 2 heteroatoms. The van der Waals surface area contributed by atoms with Crippen molar-refractivity contribution >= 4 is 5.69 Å². The van der Waals surface area contributed by atoms with Crippen molar-refractivity contribution in [3.63, 3.8) is 0 Å². The number of nitrogens with zero attached hydrogens (tertiary/aromatic N) is 1. The van der Waals surface area contributed by atoms with Crippen LogP contribution in [0.15, 0.2) is 24.3 Å². The van der Waals surface area contributed by atoms with Crippen molar-refractivity contribution in [3.05, 3.63) is 29.8 Å². The molecule has 0 saturated carbocycles. The van der Waals surface area contributed by atoms with Crippen LogP contribution in [0.1, 0.15) is 32.3 Å². The van der Waals surface area contributed by atoms with Crippen LogP contribution >= 0.6 is 0 Å². The van der Waals surface area contributed by atoms with E-state index in [4.69, 9.17) is 0 Å². The van der Waals surface area contributed by atoms with Crippen LogP contribution in [0, 0.1) is 0 Å². The molecule has 2 heterocycles. The third-order valence-electron chi connectivity index (χ3n) is 4.36. The van der Waals surface area contributed by atoms with Crippen LogP contribution < -0.4 is 5.32 Å². The fourth-order valence-electron chi connectivity index (χ4n) is 3.25. The lowest BCUT2D eigenvalue weighted by Gasteiger charge is -2.33. The highest BCUT2D eigenvalue weighted by atomic mass is 15.2. The van der Waals surface area contributed by atoms with Gasteiger partial charge in [0.05, 0.1) is 0 Å². The lowest BCUT2D eigenvalue weighted by molar-refractivity contribution is 0.169. The van der Waals surface area contributed by atoms with E-state index in [1.54, 1.807) is 0 Å². The molecule has 0 amide bonds. The van der Waals surface area contributed by atoms with Gasteiger partial charge >= 0.3 is 0 Å². The molecule has 1 N–H and O–H groups in total. The second-order valence-corrected chi connectivity index (χ2v) is 6.06. The second-order valence-electron chi connectivity index (χ2n) is 6.06. The summed E-state index contributed by atoms with van der Waals surface area (Å²) in [6, 6.07) is 9.31. The topological polar surface area (TPSA) is 15.3 Å². The van der Waals surface area contributed by atoms with E-state index >= 15 is 0 Å². The van der Waals surface area contributed by atoms with Gasteiger partial charge in [0.25, 0.3) is 0 Å². The van der Waals surface area contributed by atoms with Gasteiger partial charge in [0.15, 0.2) is 0 Å². The van der Waals surface area contributed by atoms with Crippen LogP contribution in [0.25, 0.3) is 0 Å². The summed E-state index contributed by atoms with van der Waals surface area (Å²) in [4.78, 5) is 2.65. The van der Waals surface area contributed by atoms with Crippen LogP contribution in [0.3, 0.4) is 0 Å². The Morgan fingerprint density at radius 2 is 2.18 bits per heavy atom. The summed E-state index contributed by atoms with van der Waals surface area (Å²) in [7, 11) is 0. The minimum Gasteiger partial charge on any atom is -0.380 e. The van der Waals surface area contributed by atoms with Crippen molar-refractivity contribution in [2.24, 2.45) is 0 Å². The first-order chi connectivity index (χ1) is 8.15. The Morgan fingerprint density at radius 1 is 1.35 bits per heavy atom. The van der Waals surface area contributed by atoms with E-state index in [0.29, 0.717) is 11.6 Å². The Bertz CT molecular complexity index is 386. The fourth-order valence-corrected chi connectivity index (χ4v) is 3.25. The quantitative estimate of drug-likeness (QED) is 0.840. The highest BCUT2D eigenvalue weighted by molar-refractivity contribution is 5.56. The van der Waals surface area contributed by atoms with Gasteiger partial charge in [-0.3, -0.25) is 4.90 Å². The summed E-state index contributed by atoms with van der Waals surface area (Å²) in [5.41, 5.74) is 3.22. The highest BCUT2D eigenvalue weighted by Crippen LogP contribution is 2.31. The fraction of sp³-hybridized carbons (Fsp3) is 0.600. The van der Waals surface area contributed by atoms with Crippen LogP contribution in [-0.2, 0) is 6.42 Å². The SMILES string of the molecule is CC1(C)CCCN1CC1Cc2ccccc2N1. The molecular formula is C15H22N2. The summed E-state index contributed by atoms with van der Waals surface area (Å²) >= 11 is 0. The molecule has 2 nitrogen and oxygen atoms in total. The zero-order chi connectivity index (χ0) is 11.9. The number of anilines is 1. The Hall–Kier alpha value is -1.02. The van der Waals surface area contributed by atoms with Gasteiger partial charge in [0.1, 0.15) is 0 Å². The molecule has 17 heavy (non-hydrogen) atoms.